The number of amides is 2. The molecule has 2 amide bonds. The number of H-pyrrole nitrogens is 1. The van der Waals surface area contributed by atoms with Crippen molar-refractivity contribution in [2.45, 2.75) is 19.3 Å². The number of halogens is 1. The van der Waals surface area contributed by atoms with Crippen LogP contribution in [0, 0.1) is 11.7 Å². The lowest BCUT2D eigenvalue weighted by atomic mass is 9.96. The summed E-state index contributed by atoms with van der Waals surface area (Å²) in [5, 5.41) is 4.20. The molecule has 1 fully saturated rings. The number of benzene rings is 2. The molecule has 150 valence electrons. The second-order valence-corrected chi connectivity index (χ2v) is 7.50. The number of aromatic amines is 1. The molecule has 5 nitrogen and oxygen atoms in total. The summed E-state index contributed by atoms with van der Waals surface area (Å²) >= 11 is 0. The van der Waals surface area contributed by atoms with E-state index in [-0.39, 0.29) is 23.5 Å². The average molecular weight is 393 g/mol. The van der Waals surface area contributed by atoms with Crippen LogP contribution in [0.15, 0.2) is 54.7 Å². The highest BCUT2D eigenvalue weighted by molar-refractivity contribution is 5.94. The van der Waals surface area contributed by atoms with E-state index in [1.807, 2.05) is 24.4 Å². The Balaban J connectivity index is 1.31. The Kier molecular flexibility index (Phi) is 5.60. The Labute approximate surface area is 168 Å². The van der Waals surface area contributed by atoms with Gasteiger partial charge in [-0.25, -0.2) is 4.39 Å². The van der Waals surface area contributed by atoms with Gasteiger partial charge in [0, 0.05) is 42.3 Å². The van der Waals surface area contributed by atoms with Crippen LogP contribution in [0.2, 0.25) is 0 Å². The summed E-state index contributed by atoms with van der Waals surface area (Å²) in [5.74, 6) is -0.744. The molecule has 2 aromatic carbocycles. The van der Waals surface area contributed by atoms with Gasteiger partial charge in [-0.2, -0.15) is 0 Å². The molecule has 4 rings (SSSR count). The fourth-order valence-electron chi connectivity index (χ4n) is 3.95. The summed E-state index contributed by atoms with van der Waals surface area (Å²) < 4.78 is 13.1. The van der Waals surface area contributed by atoms with Gasteiger partial charge < -0.3 is 15.2 Å². The van der Waals surface area contributed by atoms with Gasteiger partial charge in [-0.3, -0.25) is 9.59 Å². The smallest absolute Gasteiger partial charge is 0.253 e. The van der Waals surface area contributed by atoms with Gasteiger partial charge in [0.1, 0.15) is 5.82 Å². The van der Waals surface area contributed by atoms with Crippen LogP contribution in [0.3, 0.4) is 0 Å². The number of nitrogens with zero attached hydrogens (tertiary/aromatic N) is 1. The van der Waals surface area contributed by atoms with Crippen LogP contribution in [-0.4, -0.2) is 41.3 Å². The Bertz CT molecular complexity index is 1010. The summed E-state index contributed by atoms with van der Waals surface area (Å²) in [6.07, 6.45) is 4.29. The molecule has 6 heteroatoms. The van der Waals surface area contributed by atoms with Crippen molar-refractivity contribution >= 4 is 22.7 Å². The van der Waals surface area contributed by atoms with Crippen LogP contribution in [-0.2, 0) is 11.2 Å². The molecule has 0 radical (unpaired) electrons. The van der Waals surface area contributed by atoms with E-state index in [0.29, 0.717) is 25.2 Å². The molecule has 1 atom stereocenters. The van der Waals surface area contributed by atoms with Crippen LogP contribution in [0.25, 0.3) is 10.9 Å². The number of carbonyl (C=O) groups excluding carboxylic acids is 2. The number of piperidine rings is 1. The normalized spacial score (nSPS) is 16.7. The van der Waals surface area contributed by atoms with Gasteiger partial charge in [-0.15, -0.1) is 0 Å². The predicted octanol–water partition coefficient (Wildman–Crippen LogP) is 3.52. The zero-order valence-electron chi connectivity index (χ0n) is 16.2. The minimum atomic E-state index is -0.368. The topological polar surface area (TPSA) is 65.2 Å². The van der Waals surface area contributed by atoms with Gasteiger partial charge in [-0.1, -0.05) is 18.2 Å². The second kappa shape index (κ2) is 8.47. The number of fused-ring (bicyclic) bond motifs is 1. The third kappa shape index (κ3) is 4.31. The van der Waals surface area contributed by atoms with Gasteiger partial charge in [0.05, 0.1) is 5.92 Å². The zero-order chi connectivity index (χ0) is 20.2. The SMILES string of the molecule is O=C(NCCc1c[nH]c2ccccc12)[C@@H]1CCCN(C(=O)c2ccc(F)cc2)C1. The minimum absolute atomic E-state index is 0.0125. The molecule has 1 aliphatic rings. The number of hydrogen-bond acceptors (Lipinski definition) is 2. The number of carbonyl (C=O) groups is 2. The Hall–Kier alpha value is -3.15. The number of nitrogens with one attached hydrogen (secondary N) is 2. The molecule has 1 saturated heterocycles. The van der Waals surface area contributed by atoms with Crippen molar-refractivity contribution in [2.24, 2.45) is 5.92 Å². The lowest BCUT2D eigenvalue weighted by molar-refractivity contribution is -0.126. The van der Waals surface area contributed by atoms with Crippen molar-refractivity contribution < 1.29 is 14.0 Å². The first-order valence-electron chi connectivity index (χ1n) is 9.99. The minimum Gasteiger partial charge on any atom is -0.361 e. The van der Waals surface area contributed by atoms with Crippen molar-refractivity contribution in [2.75, 3.05) is 19.6 Å². The molecule has 3 aromatic rings. The van der Waals surface area contributed by atoms with Crippen molar-refractivity contribution in [3.63, 3.8) is 0 Å². The molecule has 0 spiro atoms. The van der Waals surface area contributed by atoms with Crippen LogP contribution in [0.5, 0.6) is 0 Å². The highest BCUT2D eigenvalue weighted by Gasteiger charge is 2.28. The van der Waals surface area contributed by atoms with Crippen molar-refractivity contribution in [3.05, 3.63) is 71.7 Å². The highest BCUT2D eigenvalue weighted by atomic mass is 19.1. The van der Waals surface area contributed by atoms with Crippen molar-refractivity contribution in [1.82, 2.24) is 15.2 Å². The molecule has 0 saturated carbocycles. The number of hydrogen-bond donors (Lipinski definition) is 2. The third-order valence-corrected chi connectivity index (χ3v) is 5.54. The fraction of sp³-hybridized carbons (Fsp3) is 0.304. The molecule has 2 heterocycles. The fourth-order valence-corrected chi connectivity index (χ4v) is 3.95. The second-order valence-electron chi connectivity index (χ2n) is 7.50. The number of likely N-dealkylation sites (tertiary alicyclic amines) is 1. The molecule has 0 aliphatic carbocycles. The van der Waals surface area contributed by atoms with Crippen LogP contribution < -0.4 is 5.32 Å². The monoisotopic (exact) mass is 393 g/mol. The number of aromatic nitrogens is 1. The van der Waals surface area contributed by atoms with Gasteiger partial charge in [0.25, 0.3) is 5.91 Å². The van der Waals surface area contributed by atoms with Gasteiger partial charge >= 0.3 is 0 Å². The van der Waals surface area contributed by atoms with Crippen LogP contribution in [0.4, 0.5) is 4.39 Å². The first-order chi connectivity index (χ1) is 14.1. The van der Waals surface area contributed by atoms with E-state index in [1.165, 1.54) is 35.2 Å². The van der Waals surface area contributed by atoms with E-state index in [1.54, 1.807) is 4.90 Å². The summed E-state index contributed by atoms with van der Waals surface area (Å²) in [6.45, 7) is 1.58. The van der Waals surface area contributed by atoms with E-state index in [0.717, 1.165) is 24.8 Å². The third-order valence-electron chi connectivity index (χ3n) is 5.54. The van der Waals surface area contributed by atoms with E-state index < -0.39 is 0 Å². The molecule has 0 unspecified atom stereocenters. The molecule has 29 heavy (non-hydrogen) atoms. The molecular weight excluding hydrogens is 369 g/mol. The molecule has 2 N–H and O–H groups in total. The maximum atomic E-state index is 13.1. The maximum Gasteiger partial charge on any atom is 0.253 e. The Morgan fingerprint density at radius 3 is 2.76 bits per heavy atom. The average Bonchev–Trinajstić information content (AvgIpc) is 3.17. The van der Waals surface area contributed by atoms with Gasteiger partial charge in [0.2, 0.25) is 5.91 Å². The maximum absolute atomic E-state index is 13.1. The Morgan fingerprint density at radius 1 is 1.14 bits per heavy atom. The van der Waals surface area contributed by atoms with Gasteiger partial charge in [-0.05, 0) is 55.2 Å². The standard InChI is InChI=1S/C23H24FN3O2/c24-19-9-7-16(8-10-19)23(29)27-13-3-4-18(15-27)22(28)25-12-11-17-14-26-21-6-2-1-5-20(17)21/h1-2,5-10,14,18,26H,3-4,11-13,15H2,(H,25,28)/t18-/m1/s1. The molecule has 1 aromatic heterocycles. The number of rotatable bonds is 5. The van der Waals surface area contributed by atoms with Crippen LogP contribution in [0.1, 0.15) is 28.8 Å². The summed E-state index contributed by atoms with van der Waals surface area (Å²) in [4.78, 5) is 30.2. The lowest BCUT2D eigenvalue weighted by Gasteiger charge is -2.32. The lowest BCUT2D eigenvalue weighted by Crippen LogP contribution is -2.45. The van der Waals surface area contributed by atoms with E-state index >= 15 is 0 Å². The van der Waals surface area contributed by atoms with E-state index in [4.69, 9.17) is 0 Å². The van der Waals surface area contributed by atoms with E-state index in [2.05, 4.69) is 16.4 Å². The van der Waals surface area contributed by atoms with Gasteiger partial charge in [0.15, 0.2) is 0 Å². The summed E-state index contributed by atoms with van der Waals surface area (Å²) in [6, 6.07) is 13.7. The highest BCUT2D eigenvalue weighted by Crippen LogP contribution is 2.20. The summed E-state index contributed by atoms with van der Waals surface area (Å²) in [5.41, 5.74) is 2.72. The molecule has 1 aliphatic heterocycles. The molecular formula is C23H24FN3O2. The van der Waals surface area contributed by atoms with Crippen molar-refractivity contribution in [3.8, 4) is 0 Å². The van der Waals surface area contributed by atoms with E-state index in [9.17, 15) is 14.0 Å². The quantitative estimate of drug-likeness (QED) is 0.697. The first-order valence-corrected chi connectivity index (χ1v) is 9.99. The zero-order valence-corrected chi connectivity index (χ0v) is 16.2. The predicted molar refractivity (Wildman–Crippen MR) is 110 cm³/mol. The number of para-hydroxylation sites is 1. The Morgan fingerprint density at radius 2 is 1.93 bits per heavy atom. The summed E-state index contributed by atoms with van der Waals surface area (Å²) in [7, 11) is 0. The first kappa shape index (κ1) is 19.2. The van der Waals surface area contributed by atoms with Crippen molar-refractivity contribution in [1.29, 1.82) is 0 Å². The molecule has 0 bridgehead atoms. The largest absolute Gasteiger partial charge is 0.361 e. The van der Waals surface area contributed by atoms with Crippen LogP contribution >= 0.6 is 0 Å².